The second kappa shape index (κ2) is 7.19. The molecule has 138 valence electrons. The summed E-state index contributed by atoms with van der Waals surface area (Å²) >= 11 is 0. The number of H-pyrrole nitrogens is 1. The van der Waals surface area contributed by atoms with Gasteiger partial charge in [-0.2, -0.15) is 5.10 Å². The Labute approximate surface area is 155 Å². The predicted molar refractivity (Wildman–Crippen MR) is 99.4 cm³/mol. The van der Waals surface area contributed by atoms with Crippen molar-refractivity contribution in [2.75, 3.05) is 18.0 Å². The van der Waals surface area contributed by atoms with E-state index < -0.39 is 5.97 Å². The zero-order valence-corrected chi connectivity index (χ0v) is 14.6. The number of aromatic amines is 1. The lowest BCUT2D eigenvalue weighted by molar-refractivity contribution is 0.0697. The van der Waals surface area contributed by atoms with Crippen LogP contribution in [-0.2, 0) is 0 Å². The van der Waals surface area contributed by atoms with Crippen LogP contribution in [0.5, 0.6) is 0 Å². The summed E-state index contributed by atoms with van der Waals surface area (Å²) in [5.41, 5.74) is 3.04. The Morgan fingerprint density at radius 3 is 2.85 bits per heavy atom. The number of aromatic carboxylic acids is 1. The molecule has 0 aliphatic carbocycles. The lowest BCUT2D eigenvalue weighted by Gasteiger charge is -2.34. The molecule has 2 N–H and O–H groups in total. The Kier molecular flexibility index (Phi) is 4.58. The van der Waals surface area contributed by atoms with Crippen LogP contribution in [0.2, 0.25) is 0 Å². The van der Waals surface area contributed by atoms with Crippen molar-refractivity contribution in [2.24, 2.45) is 0 Å². The highest BCUT2D eigenvalue weighted by Crippen LogP contribution is 2.34. The first-order valence-electron chi connectivity index (χ1n) is 8.86. The molecule has 27 heavy (non-hydrogen) atoms. The minimum atomic E-state index is -0.978. The Morgan fingerprint density at radius 1 is 1.26 bits per heavy atom. The Hall–Kier alpha value is -3.22. The Balaban J connectivity index is 1.63. The van der Waals surface area contributed by atoms with E-state index in [1.807, 2.05) is 4.90 Å². The number of halogens is 1. The Morgan fingerprint density at radius 2 is 2.07 bits per heavy atom. The fourth-order valence-electron chi connectivity index (χ4n) is 3.69. The van der Waals surface area contributed by atoms with Crippen molar-refractivity contribution in [2.45, 2.75) is 18.8 Å². The molecule has 3 aromatic rings. The molecule has 1 aromatic carbocycles. The van der Waals surface area contributed by atoms with Crippen molar-refractivity contribution in [3.05, 3.63) is 65.9 Å². The molecule has 1 saturated heterocycles. The van der Waals surface area contributed by atoms with Crippen LogP contribution in [0, 0.1) is 5.82 Å². The Bertz CT molecular complexity index is 955. The minimum absolute atomic E-state index is 0.157. The van der Waals surface area contributed by atoms with Crippen molar-refractivity contribution in [1.82, 2.24) is 15.2 Å². The second-order valence-corrected chi connectivity index (χ2v) is 6.67. The average Bonchev–Trinajstić information content (AvgIpc) is 3.18. The van der Waals surface area contributed by atoms with E-state index in [4.69, 9.17) is 0 Å². The summed E-state index contributed by atoms with van der Waals surface area (Å²) in [6.45, 7) is 1.40. The number of aromatic nitrogens is 3. The van der Waals surface area contributed by atoms with E-state index in [9.17, 15) is 14.3 Å². The summed E-state index contributed by atoms with van der Waals surface area (Å²) in [5, 5.41) is 16.7. The highest BCUT2D eigenvalue weighted by Gasteiger charge is 2.28. The van der Waals surface area contributed by atoms with Gasteiger partial charge in [-0.05, 0) is 42.7 Å². The third-order valence-corrected chi connectivity index (χ3v) is 4.97. The fraction of sp³-hybridized carbons (Fsp3) is 0.250. The summed E-state index contributed by atoms with van der Waals surface area (Å²) < 4.78 is 13.2. The van der Waals surface area contributed by atoms with E-state index in [0.29, 0.717) is 12.4 Å². The van der Waals surface area contributed by atoms with Gasteiger partial charge in [0.1, 0.15) is 17.2 Å². The van der Waals surface area contributed by atoms with Gasteiger partial charge in [0.15, 0.2) is 0 Å². The van der Waals surface area contributed by atoms with Gasteiger partial charge in [-0.3, -0.25) is 5.10 Å². The maximum absolute atomic E-state index is 13.2. The number of pyridine rings is 1. The van der Waals surface area contributed by atoms with Gasteiger partial charge in [-0.25, -0.2) is 14.2 Å². The number of hydrogen-bond acceptors (Lipinski definition) is 4. The summed E-state index contributed by atoms with van der Waals surface area (Å²) in [7, 11) is 0. The SMILES string of the molecule is O=C(O)c1cccnc1N1CCCC(c2[nH]ncc2-c2ccc(F)cc2)C1. The van der Waals surface area contributed by atoms with Gasteiger partial charge < -0.3 is 10.0 Å². The first kappa shape index (κ1) is 17.2. The maximum Gasteiger partial charge on any atom is 0.339 e. The van der Waals surface area contributed by atoms with E-state index >= 15 is 0 Å². The molecule has 2 aromatic heterocycles. The van der Waals surface area contributed by atoms with Crippen LogP contribution in [0.4, 0.5) is 10.2 Å². The number of benzene rings is 1. The van der Waals surface area contributed by atoms with E-state index in [1.165, 1.54) is 12.1 Å². The minimum Gasteiger partial charge on any atom is -0.478 e. The van der Waals surface area contributed by atoms with E-state index in [0.717, 1.165) is 36.2 Å². The van der Waals surface area contributed by atoms with Gasteiger partial charge in [0.2, 0.25) is 0 Å². The van der Waals surface area contributed by atoms with E-state index in [2.05, 4.69) is 15.2 Å². The number of carbonyl (C=O) groups is 1. The lowest BCUT2D eigenvalue weighted by Crippen LogP contribution is -2.36. The number of carboxylic acids is 1. The molecule has 0 bridgehead atoms. The largest absolute Gasteiger partial charge is 0.478 e. The van der Waals surface area contributed by atoms with Gasteiger partial charge in [0, 0.05) is 36.5 Å². The molecule has 4 rings (SSSR count). The van der Waals surface area contributed by atoms with Gasteiger partial charge in [-0.15, -0.1) is 0 Å². The van der Waals surface area contributed by atoms with E-state index in [-0.39, 0.29) is 17.3 Å². The van der Waals surface area contributed by atoms with Gasteiger partial charge >= 0.3 is 5.97 Å². The summed E-state index contributed by atoms with van der Waals surface area (Å²) in [4.78, 5) is 17.9. The number of anilines is 1. The van der Waals surface area contributed by atoms with Crippen LogP contribution < -0.4 is 4.90 Å². The van der Waals surface area contributed by atoms with Gasteiger partial charge in [0.25, 0.3) is 0 Å². The number of nitrogens with zero attached hydrogens (tertiary/aromatic N) is 3. The van der Waals surface area contributed by atoms with Crippen LogP contribution in [0.3, 0.4) is 0 Å². The standard InChI is InChI=1S/C20H19FN4O2/c21-15-7-5-13(6-8-15)17-11-23-24-18(17)14-3-2-10-25(12-14)19-16(20(26)27)4-1-9-22-19/h1,4-9,11,14H,2-3,10,12H2,(H,23,24)(H,26,27). The summed E-state index contributed by atoms with van der Waals surface area (Å²) in [5.74, 6) is -0.597. The highest BCUT2D eigenvalue weighted by molar-refractivity contribution is 5.93. The number of nitrogens with one attached hydrogen (secondary N) is 1. The number of hydrogen-bond donors (Lipinski definition) is 2. The second-order valence-electron chi connectivity index (χ2n) is 6.67. The predicted octanol–water partition coefficient (Wildman–Crippen LogP) is 3.69. The van der Waals surface area contributed by atoms with Crippen LogP contribution in [0.25, 0.3) is 11.1 Å². The molecule has 1 atom stereocenters. The van der Waals surface area contributed by atoms with Crippen molar-refractivity contribution < 1.29 is 14.3 Å². The number of carboxylic acid groups (broad SMARTS) is 1. The average molecular weight is 366 g/mol. The lowest BCUT2D eigenvalue weighted by atomic mass is 9.90. The van der Waals surface area contributed by atoms with E-state index in [1.54, 1.807) is 36.7 Å². The van der Waals surface area contributed by atoms with Crippen LogP contribution in [-0.4, -0.2) is 39.3 Å². The third-order valence-electron chi connectivity index (χ3n) is 4.97. The van der Waals surface area contributed by atoms with Crippen molar-refractivity contribution in [3.63, 3.8) is 0 Å². The maximum atomic E-state index is 13.2. The molecule has 1 unspecified atom stereocenters. The molecule has 0 radical (unpaired) electrons. The van der Waals surface area contributed by atoms with Gasteiger partial charge in [-0.1, -0.05) is 12.1 Å². The molecular formula is C20H19FN4O2. The summed E-state index contributed by atoms with van der Waals surface area (Å²) in [6.07, 6.45) is 5.25. The molecular weight excluding hydrogens is 347 g/mol. The first-order chi connectivity index (χ1) is 13.1. The molecule has 0 spiro atoms. The number of piperidine rings is 1. The molecule has 3 heterocycles. The molecule has 0 amide bonds. The molecule has 1 aliphatic rings. The van der Waals surface area contributed by atoms with Crippen LogP contribution in [0.15, 0.2) is 48.8 Å². The molecule has 7 heteroatoms. The normalized spacial score (nSPS) is 17.1. The van der Waals surface area contributed by atoms with Crippen molar-refractivity contribution in [1.29, 1.82) is 0 Å². The van der Waals surface area contributed by atoms with Crippen LogP contribution in [0.1, 0.15) is 34.8 Å². The fourth-order valence-corrected chi connectivity index (χ4v) is 3.69. The molecule has 6 nitrogen and oxygen atoms in total. The first-order valence-corrected chi connectivity index (χ1v) is 8.86. The van der Waals surface area contributed by atoms with Crippen molar-refractivity contribution in [3.8, 4) is 11.1 Å². The summed E-state index contributed by atoms with van der Waals surface area (Å²) in [6, 6.07) is 9.57. The van der Waals surface area contributed by atoms with Gasteiger partial charge in [0.05, 0.1) is 6.20 Å². The zero-order chi connectivity index (χ0) is 18.8. The third kappa shape index (κ3) is 3.40. The van der Waals surface area contributed by atoms with Crippen LogP contribution >= 0.6 is 0 Å². The highest BCUT2D eigenvalue weighted by atomic mass is 19.1. The molecule has 0 saturated carbocycles. The quantitative estimate of drug-likeness (QED) is 0.736. The van der Waals surface area contributed by atoms with Crippen molar-refractivity contribution >= 4 is 11.8 Å². The monoisotopic (exact) mass is 366 g/mol. The molecule has 1 fully saturated rings. The number of rotatable bonds is 4. The zero-order valence-electron chi connectivity index (χ0n) is 14.6. The smallest absolute Gasteiger partial charge is 0.339 e. The topological polar surface area (TPSA) is 82.1 Å². The molecule has 1 aliphatic heterocycles.